The summed E-state index contributed by atoms with van der Waals surface area (Å²) in [5.74, 6) is -0.891. The largest absolute Gasteiger partial charge is 0.462 e. The van der Waals surface area contributed by atoms with E-state index in [9.17, 15) is 14.7 Å². The first kappa shape index (κ1) is 26.6. The van der Waals surface area contributed by atoms with Crippen LogP contribution in [0.5, 0.6) is 0 Å². The van der Waals surface area contributed by atoms with Gasteiger partial charge in [-0.2, -0.15) is 0 Å². The summed E-state index contributed by atoms with van der Waals surface area (Å²) in [6.07, 6.45) is 10.3. The van der Waals surface area contributed by atoms with E-state index in [1.807, 2.05) is 6.92 Å². The molecule has 36 heavy (non-hydrogen) atoms. The van der Waals surface area contributed by atoms with E-state index in [1.54, 1.807) is 25.2 Å². The van der Waals surface area contributed by atoms with Crippen molar-refractivity contribution in [1.29, 1.82) is 0 Å². The molecule has 4 rings (SSSR count). The summed E-state index contributed by atoms with van der Waals surface area (Å²) in [7, 11) is 0. The van der Waals surface area contributed by atoms with Gasteiger partial charge >= 0.3 is 11.9 Å². The molecule has 0 amide bonds. The average molecular weight is 499 g/mol. The zero-order valence-corrected chi connectivity index (χ0v) is 21.7. The first-order chi connectivity index (χ1) is 17.1. The molecule has 7 nitrogen and oxygen atoms in total. The Labute approximate surface area is 213 Å². The molecule has 1 saturated carbocycles. The summed E-state index contributed by atoms with van der Waals surface area (Å²) in [4.78, 5) is 25.7. The van der Waals surface area contributed by atoms with E-state index in [4.69, 9.17) is 18.9 Å². The van der Waals surface area contributed by atoms with E-state index in [0.29, 0.717) is 19.4 Å². The molecule has 2 fully saturated rings. The third-order valence-corrected chi connectivity index (χ3v) is 8.44. The van der Waals surface area contributed by atoms with Gasteiger partial charge in [-0.05, 0) is 45.6 Å². The van der Waals surface area contributed by atoms with Crippen LogP contribution in [0.1, 0.15) is 53.4 Å². The normalized spacial score (nSPS) is 41.0. The highest BCUT2D eigenvalue weighted by Gasteiger charge is 2.68. The van der Waals surface area contributed by atoms with Crippen LogP contribution >= 0.6 is 0 Å². The van der Waals surface area contributed by atoms with Crippen molar-refractivity contribution in [3.05, 3.63) is 59.8 Å². The number of fused-ring (bicyclic) bond motifs is 1. The molecule has 2 bridgehead atoms. The van der Waals surface area contributed by atoms with Crippen LogP contribution < -0.4 is 0 Å². The summed E-state index contributed by atoms with van der Waals surface area (Å²) in [6.45, 7) is 12.5. The maximum Gasteiger partial charge on any atom is 0.331 e. The van der Waals surface area contributed by atoms with Gasteiger partial charge in [0.2, 0.25) is 0 Å². The molecule has 0 unspecified atom stereocenters. The molecular formula is C29H38O7. The lowest BCUT2D eigenvalue weighted by molar-refractivity contribution is -0.181. The Hall–Kier alpha value is -2.48. The number of esters is 2. The van der Waals surface area contributed by atoms with Gasteiger partial charge in [0.05, 0.1) is 24.9 Å². The number of hydrogen-bond donors (Lipinski definition) is 1. The standard InChI is InChI=1S/C29H38O7/c1-18-10-12-29-17-34-27(32)15-19(2)11-13-33-22(21(4)30)8-6-7-9-26(31)36-24-16-23(35-25(29)14-18)20(3)28(24,29)5/h6-9,14-15,21-25,30H,3,10-13,16-17H2,1-2,4-5H3/b8-6?,9-7-,19-15+/t21-,22+,23-,24-,25-,28-,29-/m1/s1. The fraction of sp³-hybridized carbons (Fsp3) is 0.586. The topological polar surface area (TPSA) is 91.3 Å². The van der Waals surface area contributed by atoms with Gasteiger partial charge in [0, 0.05) is 29.4 Å². The van der Waals surface area contributed by atoms with Crippen LogP contribution in [0.2, 0.25) is 0 Å². The van der Waals surface area contributed by atoms with Crippen LogP contribution in [0.4, 0.5) is 0 Å². The number of carbonyl (C=O) groups is 2. The lowest BCUT2D eigenvalue weighted by atomic mass is 9.53. The second-order valence-corrected chi connectivity index (χ2v) is 10.8. The van der Waals surface area contributed by atoms with Crippen molar-refractivity contribution >= 4 is 11.9 Å². The Bertz CT molecular complexity index is 1020. The van der Waals surface area contributed by atoms with Gasteiger partial charge in [-0.3, -0.25) is 0 Å². The van der Waals surface area contributed by atoms with Crippen LogP contribution in [0.3, 0.4) is 0 Å². The molecular weight excluding hydrogens is 460 g/mol. The molecule has 7 atom stereocenters. The first-order valence-electron chi connectivity index (χ1n) is 12.8. The van der Waals surface area contributed by atoms with E-state index in [1.165, 1.54) is 17.7 Å². The van der Waals surface area contributed by atoms with Gasteiger partial charge in [-0.15, -0.1) is 0 Å². The Morgan fingerprint density at radius 3 is 2.67 bits per heavy atom. The molecule has 7 heteroatoms. The van der Waals surface area contributed by atoms with Gasteiger partial charge in [0.15, 0.2) is 0 Å². The van der Waals surface area contributed by atoms with Crippen LogP contribution in [0.25, 0.3) is 0 Å². The molecule has 0 aromatic carbocycles. The zero-order chi connectivity index (χ0) is 26.1. The van der Waals surface area contributed by atoms with Crippen molar-refractivity contribution in [1.82, 2.24) is 0 Å². The van der Waals surface area contributed by atoms with Crippen LogP contribution in [-0.2, 0) is 28.5 Å². The predicted molar refractivity (Wildman–Crippen MR) is 135 cm³/mol. The lowest BCUT2D eigenvalue weighted by Crippen LogP contribution is -2.60. The Morgan fingerprint density at radius 1 is 1.14 bits per heavy atom. The van der Waals surface area contributed by atoms with E-state index in [-0.39, 0.29) is 18.8 Å². The Morgan fingerprint density at radius 2 is 1.92 bits per heavy atom. The Balaban J connectivity index is 1.70. The Kier molecular flexibility index (Phi) is 7.74. The third kappa shape index (κ3) is 4.89. The van der Waals surface area contributed by atoms with Crippen LogP contribution in [0.15, 0.2) is 59.8 Å². The minimum atomic E-state index is -0.734. The third-order valence-electron chi connectivity index (χ3n) is 8.44. The number of rotatable bonds is 1. The van der Waals surface area contributed by atoms with Gasteiger partial charge < -0.3 is 24.1 Å². The van der Waals surface area contributed by atoms with Crippen molar-refractivity contribution in [2.75, 3.05) is 13.2 Å². The fourth-order valence-electron chi connectivity index (χ4n) is 6.04. The number of allylic oxidation sites excluding steroid dienone is 3. The molecule has 2 heterocycles. The summed E-state index contributed by atoms with van der Waals surface area (Å²) in [5.41, 5.74) is 1.74. The van der Waals surface area contributed by atoms with Crippen molar-refractivity contribution in [2.45, 2.75) is 83.9 Å². The quantitative estimate of drug-likeness (QED) is 0.429. The van der Waals surface area contributed by atoms with E-state index in [0.717, 1.165) is 24.0 Å². The van der Waals surface area contributed by atoms with E-state index in [2.05, 4.69) is 26.5 Å². The highest BCUT2D eigenvalue weighted by atomic mass is 16.6. The number of ether oxygens (including phenoxy) is 4. The molecule has 1 saturated heterocycles. The highest BCUT2D eigenvalue weighted by molar-refractivity contribution is 5.83. The maximum atomic E-state index is 12.8. The molecule has 4 aliphatic rings. The summed E-state index contributed by atoms with van der Waals surface area (Å²) < 4.78 is 24.2. The molecule has 0 radical (unpaired) electrons. The number of hydrogen-bond acceptors (Lipinski definition) is 7. The van der Waals surface area contributed by atoms with Crippen molar-refractivity contribution < 1.29 is 33.6 Å². The monoisotopic (exact) mass is 498 g/mol. The van der Waals surface area contributed by atoms with Gasteiger partial charge in [0.1, 0.15) is 18.8 Å². The summed E-state index contributed by atoms with van der Waals surface area (Å²) in [5, 5.41) is 10.0. The summed E-state index contributed by atoms with van der Waals surface area (Å²) in [6, 6.07) is 0. The molecule has 1 N–H and O–H groups in total. The lowest BCUT2D eigenvalue weighted by Gasteiger charge is -2.56. The number of carbonyl (C=O) groups excluding carboxylic acids is 2. The van der Waals surface area contributed by atoms with Crippen LogP contribution in [0, 0.1) is 10.8 Å². The highest BCUT2D eigenvalue weighted by Crippen LogP contribution is 2.65. The second-order valence-electron chi connectivity index (χ2n) is 10.8. The molecule has 2 aliphatic carbocycles. The minimum Gasteiger partial charge on any atom is -0.462 e. The van der Waals surface area contributed by atoms with Crippen LogP contribution in [-0.4, -0.2) is 60.8 Å². The average Bonchev–Trinajstić information content (AvgIpc) is 2.98. The molecule has 0 aromatic heterocycles. The SMILES string of the molecule is C=C1[C@H]2C[C@H]3OC(=O)/C=C\C=C[C@@H]([C@@H](C)O)OCC/C(C)=C/C(=O)OC[C@@]4(CCC(C)=C[C@H]4O2)[C@]13C. The maximum absolute atomic E-state index is 12.8. The van der Waals surface area contributed by atoms with Crippen molar-refractivity contribution in [3.8, 4) is 0 Å². The van der Waals surface area contributed by atoms with Gasteiger partial charge in [-0.1, -0.05) is 49.0 Å². The van der Waals surface area contributed by atoms with E-state index >= 15 is 0 Å². The molecule has 0 aromatic rings. The fourth-order valence-corrected chi connectivity index (χ4v) is 6.04. The van der Waals surface area contributed by atoms with E-state index < -0.39 is 41.1 Å². The predicted octanol–water partition coefficient (Wildman–Crippen LogP) is 4.13. The minimum absolute atomic E-state index is 0.138. The smallest absolute Gasteiger partial charge is 0.331 e. The van der Waals surface area contributed by atoms with Gasteiger partial charge in [0.25, 0.3) is 0 Å². The second kappa shape index (κ2) is 10.5. The summed E-state index contributed by atoms with van der Waals surface area (Å²) >= 11 is 0. The molecule has 2 aliphatic heterocycles. The number of aliphatic hydroxyl groups excluding tert-OH is 1. The number of cyclic esters (lactones) is 1. The van der Waals surface area contributed by atoms with Gasteiger partial charge in [-0.25, -0.2) is 9.59 Å². The van der Waals surface area contributed by atoms with Crippen molar-refractivity contribution in [2.24, 2.45) is 10.8 Å². The zero-order valence-electron chi connectivity index (χ0n) is 21.7. The first-order valence-corrected chi connectivity index (χ1v) is 12.8. The number of aliphatic hydroxyl groups is 1. The molecule has 1 spiro atoms. The molecule has 196 valence electrons. The van der Waals surface area contributed by atoms with Crippen molar-refractivity contribution in [3.63, 3.8) is 0 Å².